The lowest BCUT2D eigenvalue weighted by atomic mass is 10.2. The molecule has 8 heteroatoms. The summed E-state index contributed by atoms with van der Waals surface area (Å²) in [4.78, 5) is 11.8. The van der Waals surface area contributed by atoms with Crippen molar-refractivity contribution in [3.05, 3.63) is 71.8 Å². The van der Waals surface area contributed by atoms with E-state index in [4.69, 9.17) is 14.5 Å². The molecule has 0 atom stereocenters. The highest BCUT2D eigenvalue weighted by Crippen LogP contribution is 2.55. The average molecular weight is 373 g/mol. The number of rotatable bonds is 7. The number of nitrogens with zero attached hydrogens (tertiary/aromatic N) is 2. The number of nitrogens with one attached hydrogen (secondary N) is 1. The summed E-state index contributed by atoms with van der Waals surface area (Å²) < 4.78 is 25.8. The van der Waals surface area contributed by atoms with Crippen molar-refractivity contribution in [1.29, 1.82) is 5.41 Å². The molecule has 0 aliphatic carbocycles. The Morgan fingerprint density at radius 2 is 1.42 bits per heavy atom. The van der Waals surface area contributed by atoms with Gasteiger partial charge in [0.25, 0.3) is 0 Å². The van der Waals surface area contributed by atoms with Crippen LogP contribution in [-0.2, 0) is 31.6 Å². The summed E-state index contributed by atoms with van der Waals surface area (Å²) in [6.07, 6.45) is 0. The zero-order valence-electron chi connectivity index (χ0n) is 14.4. The highest BCUT2D eigenvalue weighted by atomic mass is 31.2. The SMILES string of the molecule is CN1CC(=O)C(=N)N1P(=O)(OCc1ccccc1)OCc1ccccc1. The maximum atomic E-state index is 13.5. The molecule has 1 aliphatic rings. The normalized spacial score (nSPS) is 15.7. The van der Waals surface area contributed by atoms with Crippen LogP contribution in [0.3, 0.4) is 0 Å². The second-order valence-electron chi connectivity index (χ2n) is 5.86. The lowest BCUT2D eigenvalue weighted by Crippen LogP contribution is -2.34. The first-order valence-electron chi connectivity index (χ1n) is 8.10. The Morgan fingerprint density at radius 1 is 0.962 bits per heavy atom. The van der Waals surface area contributed by atoms with Crippen molar-refractivity contribution >= 4 is 19.4 Å². The molecule has 136 valence electrons. The van der Waals surface area contributed by atoms with Crippen molar-refractivity contribution in [2.75, 3.05) is 13.6 Å². The van der Waals surface area contributed by atoms with Crippen LogP contribution < -0.4 is 0 Å². The molecule has 0 unspecified atom stereocenters. The third-order valence-electron chi connectivity index (χ3n) is 3.87. The third-order valence-corrected chi connectivity index (χ3v) is 5.75. The van der Waals surface area contributed by atoms with Gasteiger partial charge < -0.3 is 0 Å². The van der Waals surface area contributed by atoms with E-state index in [0.29, 0.717) is 0 Å². The van der Waals surface area contributed by atoms with E-state index in [1.165, 1.54) is 5.01 Å². The summed E-state index contributed by atoms with van der Waals surface area (Å²) in [5.41, 5.74) is 1.63. The van der Waals surface area contributed by atoms with E-state index in [-0.39, 0.29) is 19.8 Å². The lowest BCUT2D eigenvalue weighted by molar-refractivity contribution is -0.112. The summed E-state index contributed by atoms with van der Waals surface area (Å²) in [5.74, 6) is -0.823. The highest BCUT2D eigenvalue weighted by molar-refractivity contribution is 7.52. The number of Topliss-reactive ketones (excluding diaryl/α,β-unsaturated/α-hetero) is 1. The number of carbonyl (C=O) groups is 1. The molecule has 0 bridgehead atoms. The molecular weight excluding hydrogens is 353 g/mol. The van der Waals surface area contributed by atoms with Crippen molar-refractivity contribution in [3.63, 3.8) is 0 Å². The van der Waals surface area contributed by atoms with Crippen LogP contribution in [0.25, 0.3) is 0 Å². The third kappa shape index (κ3) is 4.08. The molecule has 2 aromatic rings. The van der Waals surface area contributed by atoms with Gasteiger partial charge in [0.05, 0.1) is 19.8 Å². The average Bonchev–Trinajstić information content (AvgIpc) is 2.92. The molecule has 1 heterocycles. The predicted molar refractivity (Wildman–Crippen MR) is 97.3 cm³/mol. The summed E-state index contributed by atoms with van der Waals surface area (Å²) in [5, 5.41) is 9.36. The fraction of sp³-hybridized carbons (Fsp3) is 0.222. The van der Waals surface area contributed by atoms with Crippen LogP contribution >= 0.6 is 7.75 Å². The number of ketones is 1. The maximum Gasteiger partial charge on any atom is 0.451 e. The van der Waals surface area contributed by atoms with E-state index in [9.17, 15) is 9.36 Å². The summed E-state index contributed by atoms with van der Waals surface area (Å²) >= 11 is 0. The van der Waals surface area contributed by atoms with Crippen LogP contribution in [0.4, 0.5) is 0 Å². The Balaban J connectivity index is 1.81. The Labute approximate surface area is 152 Å². The van der Waals surface area contributed by atoms with Gasteiger partial charge in [-0.05, 0) is 11.1 Å². The van der Waals surface area contributed by atoms with E-state index in [1.54, 1.807) is 7.05 Å². The van der Waals surface area contributed by atoms with Crippen molar-refractivity contribution in [3.8, 4) is 0 Å². The van der Waals surface area contributed by atoms with Crippen LogP contribution in [0.15, 0.2) is 60.7 Å². The lowest BCUT2D eigenvalue weighted by Gasteiger charge is -2.31. The number of carbonyl (C=O) groups excluding carboxylic acids is 1. The van der Waals surface area contributed by atoms with Crippen molar-refractivity contribution in [1.82, 2.24) is 9.79 Å². The Hall–Kier alpha value is -2.31. The van der Waals surface area contributed by atoms with E-state index < -0.39 is 19.4 Å². The zero-order chi connectivity index (χ0) is 18.6. The molecule has 1 N–H and O–H groups in total. The minimum Gasteiger partial charge on any atom is -0.289 e. The van der Waals surface area contributed by atoms with Gasteiger partial charge in [0.2, 0.25) is 5.78 Å². The van der Waals surface area contributed by atoms with Gasteiger partial charge in [-0.2, -0.15) is 4.78 Å². The maximum absolute atomic E-state index is 13.5. The van der Waals surface area contributed by atoms with Gasteiger partial charge in [0, 0.05) is 7.05 Å². The van der Waals surface area contributed by atoms with Crippen LogP contribution in [0.5, 0.6) is 0 Å². The minimum atomic E-state index is -3.93. The second-order valence-corrected chi connectivity index (χ2v) is 7.70. The van der Waals surface area contributed by atoms with E-state index in [0.717, 1.165) is 15.9 Å². The molecule has 0 amide bonds. The monoisotopic (exact) mass is 373 g/mol. The molecule has 0 spiro atoms. The van der Waals surface area contributed by atoms with Crippen LogP contribution in [0, 0.1) is 5.41 Å². The van der Waals surface area contributed by atoms with Gasteiger partial charge in [-0.3, -0.25) is 19.3 Å². The molecule has 1 aliphatic heterocycles. The van der Waals surface area contributed by atoms with Crippen LogP contribution in [-0.4, -0.2) is 35.0 Å². The Morgan fingerprint density at radius 3 is 1.81 bits per heavy atom. The van der Waals surface area contributed by atoms with Gasteiger partial charge in [-0.15, -0.1) is 0 Å². The number of hydrogen-bond acceptors (Lipinski definition) is 6. The predicted octanol–water partition coefficient (Wildman–Crippen LogP) is 3.24. The van der Waals surface area contributed by atoms with Crippen LogP contribution in [0.1, 0.15) is 11.1 Å². The molecule has 0 saturated carbocycles. The quantitative estimate of drug-likeness (QED) is 0.751. The van der Waals surface area contributed by atoms with Gasteiger partial charge in [0.15, 0.2) is 5.84 Å². The van der Waals surface area contributed by atoms with Crippen molar-refractivity contribution in [2.45, 2.75) is 13.2 Å². The van der Waals surface area contributed by atoms with E-state index >= 15 is 0 Å². The summed E-state index contributed by atoms with van der Waals surface area (Å²) in [6, 6.07) is 18.5. The van der Waals surface area contributed by atoms with Crippen molar-refractivity contribution < 1.29 is 18.4 Å². The van der Waals surface area contributed by atoms with Gasteiger partial charge in [-0.1, -0.05) is 60.7 Å². The first-order chi connectivity index (χ1) is 12.5. The largest absolute Gasteiger partial charge is 0.451 e. The molecule has 3 rings (SSSR count). The second kappa shape index (κ2) is 7.93. The fourth-order valence-electron chi connectivity index (χ4n) is 2.55. The Kier molecular flexibility index (Phi) is 5.64. The van der Waals surface area contributed by atoms with Gasteiger partial charge in [-0.25, -0.2) is 9.57 Å². The van der Waals surface area contributed by atoms with Gasteiger partial charge in [0.1, 0.15) is 0 Å². The van der Waals surface area contributed by atoms with E-state index in [1.807, 2.05) is 60.7 Å². The first-order valence-corrected chi connectivity index (χ1v) is 9.59. The number of hydrogen-bond donors (Lipinski definition) is 1. The minimum absolute atomic E-state index is 0.0355. The molecular formula is C18H20N3O4P. The summed E-state index contributed by atoms with van der Waals surface area (Å²) in [7, 11) is -2.36. The van der Waals surface area contributed by atoms with Gasteiger partial charge >= 0.3 is 7.75 Å². The van der Waals surface area contributed by atoms with E-state index in [2.05, 4.69) is 0 Å². The fourth-order valence-corrected chi connectivity index (χ4v) is 4.26. The highest BCUT2D eigenvalue weighted by Gasteiger charge is 2.46. The molecule has 0 radical (unpaired) electrons. The zero-order valence-corrected chi connectivity index (χ0v) is 15.3. The molecule has 1 fully saturated rings. The molecule has 0 aromatic heterocycles. The first kappa shape index (κ1) is 18.5. The smallest absolute Gasteiger partial charge is 0.289 e. The molecule has 2 aromatic carbocycles. The topological polar surface area (TPSA) is 82.9 Å². The van der Waals surface area contributed by atoms with Crippen LogP contribution in [0.2, 0.25) is 0 Å². The number of benzene rings is 2. The number of hydrazine groups is 1. The molecule has 1 saturated heterocycles. The molecule has 26 heavy (non-hydrogen) atoms. The molecule has 7 nitrogen and oxygen atoms in total. The number of amidine groups is 1. The summed E-state index contributed by atoms with van der Waals surface area (Å²) in [6.45, 7) is 0.0453. The van der Waals surface area contributed by atoms with Crippen molar-refractivity contribution in [2.24, 2.45) is 0 Å². The Bertz CT molecular complexity index is 781. The number of likely N-dealkylation sites (N-methyl/N-ethyl adjacent to an activating group) is 1. The standard InChI is InChI=1S/C18H20N3O4P/c1-20-12-17(22)18(19)21(20)26(23,24-13-15-8-4-2-5-9-15)25-14-16-10-6-3-7-11-16/h2-11,19H,12-14H2,1H3.